The Bertz CT molecular complexity index is 1200. The number of pyridine rings is 1. The Morgan fingerprint density at radius 2 is 1.77 bits per heavy atom. The van der Waals surface area contributed by atoms with Crippen LogP contribution in [0.5, 0.6) is 0 Å². The topological polar surface area (TPSA) is 54.5 Å². The molecule has 180 valence electrons. The third kappa shape index (κ3) is 7.00. The van der Waals surface area contributed by atoms with Gasteiger partial charge in [-0.15, -0.1) is 0 Å². The van der Waals surface area contributed by atoms with E-state index in [1.54, 1.807) is 0 Å². The summed E-state index contributed by atoms with van der Waals surface area (Å²) < 4.78 is 5.55. The molecule has 35 heavy (non-hydrogen) atoms. The first-order valence-electron chi connectivity index (χ1n) is 11.8. The minimum atomic E-state index is -0.483. The van der Waals surface area contributed by atoms with Gasteiger partial charge in [0.1, 0.15) is 11.3 Å². The summed E-state index contributed by atoms with van der Waals surface area (Å²) in [5.41, 5.74) is 4.23. The molecule has 0 bridgehead atoms. The summed E-state index contributed by atoms with van der Waals surface area (Å²) in [5.74, 6) is 6.29. The van der Waals surface area contributed by atoms with E-state index in [2.05, 4.69) is 22.1 Å². The highest BCUT2D eigenvalue weighted by atomic mass is 35.5. The van der Waals surface area contributed by atoms with E-state index in [9.17, 15) is 4.79 Å². The van der Waals surface area contributed by atoms with Crippen molar-refractivity contribution in [1.82, 2.24) is 9.88 Å². The molecule has 1 aliphatic rings. The second-order valence-corrected chi connectivity index (χ2v) is 10.1. The SMILES string of the molecule is CC(C)(C)OC(=O)N1CCCC1CNc1ccc(C#Cc2ccc(-c3ccc(Cl)cc3)cn2)cc1. The quantitative estimate of drug-likeness (QED) is 0.420. The van der Waals surface area contributed by atoms with Crippen molar-refractivity contribution in [3.05, 3.63) is 83.1 Å². The number of benzene rings is 2. The van der Waals surface area contributed by atoms with Crippen LogP contribution in [0.15, 0.2) is 66.9 Å². The van der Waals surface area contributed by atoms with Crippen molar-refractivity contribution in [2.24, 2.45) is 0 Å². The zero-order chi connectivity index (χ0) is 24.8. The van der Waals surface area contributed by atoms with Gasteiger partial charge in [-0.3, -0.25) is 0 Å². The average molecular weight is 488 g/mol. The summed E-state index contributed by atoms with van der Waals surface area (Å²) in [6.07, 6.45) is 3.56. The van der Waals surface area contributed by atoms with Crippen LogP contribution < -0.4 is 5.32 Å². The molecule has 1 atom stereocenters. The molecule has 0 saturated carbocycles. The zero-order valence-electron chi connectivity index (χ0n) is 20.3. The predicted octanol–water partition coefficient (Wildman–Crippen LogP) is 6.61. The van der Waals surface area contributed by atoms with E-state index >= 15 is 0 Å². The molecule has 6 heteroatoms. The van der Waals surface area contributed by atoms with E-state index in [1.807, 2.05) is 92.5 Å². The van der Waals surface area contributed by atoms with Gasteiger partial charge in [0.15, 0.2) is 0 Å². The minimum Gasteiger partial charge on any atom is -0.444 e. The highest BCUT2D eigenvalue weighted by Crippen LogP contribution is 2.22. The normalized spacial score (nSPS) is 15.3. The molecule has 1 unspecified atom stereocenters. The summed E-state index contributed by atoms with van der Waals surface area (Å²) in [6, 6.07) is 19.7. The largest absolute Gasteiger partial charge is 0.444 e. The van der Waals surface area contributed by atoms with Crippen molar-refractivity contribution in [3.63, 3.8) is 0 Å². The van der Waals surface area contributed by atoms with E-state index in [0.29, 0.717) is 17.3 Å². The second-order valence-electron chi connectivity index (χ2n) is 9.62. The van der Waals surface area contributed by atoms with E-state index in [0.717, 1.165) is 41.8 Å². The Balaban J connectivity index is 1.32. The molecule has 2 aromatic carbocycles. The van der Waals surface area contributed by atoms with Crippen LogP contribution in [0.1, 0.15) is 44.9 Å². The molecule has 0 aliphatic carbocycles. The molecule has 5 nitrogen and oxygen atoms in total. The highest BCUT2D eigenvalue weighted by molar-refractivity contribution is 6.30. The first-order chi connectivity index (χ1) is 16.8. The number of likely N-dealkylation sites (tertiary alicyclic amines) is 1. The highest BCUT2D eigenvalue weighted by Gasteiger charge is 2.31. The number of nitrogens with zero attached hydrogens (tertiary/aromatic N) is 2. The first-order valence-corrected chi connectivity index (χ1v) is 12.2. The lowest BCUT2D eigenvalue weighted by Crippen LogP contribution is -2.42. The van der Waals surface area contributed by atoms with Gasteiger partial charge in [0.2, 0.25) is 0 Å². The van der Waals surface area contributed by atoms with Crippen LogP contribution >= 0.6 is 11.6 Å². The van der Waals surface area contributed by atoms with Gasteiger partial charge in [0.25, 0.3) is 0 Å². The molecule has 1 fully saturated rings. The maximum Gasteiger partial charge on any atom is 0.410 e. The minimum absolute atomic E-state index is 0.131. The number of hydrogen-bond acceptors (Lipinski definition) is 4. The van der Waals surface area contributed by atoms with E-state index in [-0.39, 0.29) is 12.1 Å². The molecule has 1 aliphatic heterocycles. The number of carbonyl (C=O) groups is 1. The molecule has 1 aromatic heterocycles. The lowest BCUT2D eigenvalue weighted by molar-refractivity contribution is 0.0235. The molecule has 0 radical (unpaired) electrons. The predicted molar refractivity (Wildman–Crippen MR) is 142 cm³/mol. The number of anilines is 1. The Labute approximate surface area is 212 Å². The maximum atomic E-state index is 12.5. The van der Waals surface area contributed by atoms with Crippen molar-refractivity contribution in [2.45, 2.75) is 45.3 Å². The molecule has 1 amide bonds. The van der Waals surface area contributed by atoms with Gasteiger partial charge in [-0.05, 0) is 87.6 Å². The van der Waals surface area contributed by atoms with Gasteiger partial charge in [0, 0.05) is 41.1 Å². The van der Waals surface area contributed by atoms with Crippen molar-refractivity contribution >= 4 is 23.4 Å². The molecular weight excluding hydrogens is 458 g/mol. The van der Waals surface area contributed by atoms with Gasteiger partial charge in [-0.2, -0.15) is 0 Å². The summed E-state index contributed by atoms with van der Waals surface area (Å²) >= 11 is 5.96. The number of halogens is 1. The van der Waals surface area contributed by atoms with E-state index in [4.69, 9.17) is 16.3 Å². The molecule has 3 aromatic rings. The molecular formula is C29H30ClN3O2. The van der Waals surface area contributed by atoms with Gasteiger partial charge in [-0.25, -0.2) is 9.78 Å². The van der Waals surface area contributed by atoms with Crippen molar-refractivity contribution in [3.8, 4) is 23.0 Å². The number of nitrogens with one attached hydrogen (secondary N) is 1. The zero-order valence-corrected chi connectivity index (χ0v) is 21.1. The smallest absolute Gasteiger partial charge is 0.410 e. The van der Waals surface area contributed by atoms with Gasteiger partial charge >= 0.3 is 6.09 Å². The average Bonchev–Trinajstić information content (AvgIpc) is 3.31. The Kier molecular flexibility index (Phi) is 7.63. The van der Waals surface area contributed by atoms with Crippen LogP contribution in [-0.2, 0) is 4.74 Å². The van der Waals surface area contributed by atoms with E-state index in [1.165, 1.54) is 0 Å². The number of amides is 1. The third-order valence-corrected chi connectivity index (χ3v) is 5.96. The third-order valence-electron chi connectivity index (χ3n) is 5.71. The number of carbonyl (C=O) groups excluding carboxylic acids is 1. The first kappa shape index (κ1) is 24.6. The Morgan fingerprint density at radius 1 is 1.06 bits per heavy atom. The van der Waals surface area contributed by atoms with Crippen molar-refractivity contribution in [2.75, 3.05) is 18.4 Å². The summed E-state index contributed by atoms with van der Waals surface area (Å²) in [6.45, 7) is 7.11. The number of ether oxygens (including phenoxy) is 1. The fourth-order valence-electron chi connectivity index (χ4n) is 3.93. The lowest BCUT2D eigenvalue weighted by Gasteiger charge is -2.29. The molecule has 4 rings (SSSR count). The molecule has 1 N–H and O–H groups in total. The fourth-order valence-corrected chi connectivity index (χ4v) is 4.06. The van der Waals surface area contributed by atoms with Crippen LogP contribution in [0.2, 0.25) is 5.02 Å². The summed E-state index contributed by atoms with van der Waals surface area (Å²) in [4.78, 5) is 18.8. The Morgan fingerprint density at radius 3 is 2.43 bits per heavy atom. The molecule has 1 saturated heterocycles. The number of hydrogen-bond donors (Lipinski definition) is 1. The van der Waals surface area contributed by atoms with Crippen LogP contribution in [0.3, 0.4) is 0 Å². The monoisotopic (exact) mass is 487 g/mol. The molecule has 2 heterocycles. The van der Waals surface area contributed by atoms with E-state index < -0.39 is 5.60 Å². The van der Waals surface area contributed by atoms with Crippen molar-refractivity contribution in [1.29, 1.82) is 0 Å². The lowest BCUT2D eigenvalue weighted by atomic mass is 10.1. The number of aromatic nitrogens is 1. The standard InChI is InChI=1S/C29H30ClN3O2/c1-29(2,3)35-28(34)33-18-4-5-27(33)20-32-25-14-6-21(7-15-25)8-16-26-17-11-23(19-31-26)22-9-12-24(30)13-10-22/h6-7,9-15,17,19,27,32H,4-5,18,20H2,1-3H3. The summed E-state index contributed by atoms with van der Waals surface area (Å²) in [7, 11) is 0. The number of rotatable bonds is 4. The van der Waals surface area contributed by atoms with Crippen LogP contribution in [0.4, 0.5) is 10.5 Å². The van der Waals surface area contributed by atoms with Gasteiger partial charge in [-0.1, -0.05) is 35.7 Å². The Hall–Kier alpha value is -3.49. The van der Waals surface area contributed by atoms with Crippen molar-refractivity contribution < 1.29 is 9.53 Å². The van der Waals surface area contributed by atoms with Crippen LogP contribution in [0.25, 0.3) is 11.1 Å². The second kappa shape index (κ2) is 10.8. The van der Waals surface area contributed by atoms with Gasteiger partial charge < -0.3 is 15.0 Å². The molecule has 0 spiro atoms. The maximum absolute atomic E-state index is 12.5. The van der Waals surface area contributed by atoms with Gasteiger partial charge in [0.05, 0.1) is 6.04 Å². The summed E-state index contributed by atoms with van der Waals surface area (Å²) in [5, 5.41) is 4.16. The fraction of sp³-hybridized carbons (Fsp3) is 0.310. The van der Waals surface area contributed by atoms with Crippen LogP contribution in [-0.4, -0.2) is 40.7 Å². The van der Waals surface area contributed by atoms with Crippen LogP contribution in [0, 0.1) is 11.8 Å².